The zero-order valence-corrected chi connectivity index (χ0v) is 18.8. The van der Waals surface area contributed by atoms with Gasteiger partial charge >= 0.3 is 5.97 Å². The van der Waals surface area contributed by atoms with Gasteiger partial charge in [-0.15, -0.1) is 35.3 Å². The van der Waals surface area contributed by atoms with Crippen LogP contribution < -0.4 is 10.6 Å². The number of aryl methyl sites for hydroxylation is 3. The number of carbonyl (C=O) groups is 1. The summed E-state index contributed by atoms with van der Waals surface area (Å²) in [5.74, 6) is 1.42. The quantitative estimate of drug-likeness (QED) is 0.279. The smallest absolute Gasteiger partial charge is 0.341 e. The van der Waals surface area contributed by atoms with Crippen molar-refractivity contribution < 1.29 is 13.9 Å². The van der Waals surface area contributed by atoms with Gasteiger partial charge in [-0.3, -0.25) is 0 Å². The molecule has 0 aliphatic rings. The van der Waals surface area contributed by atoms with Gasteiger partial charge in [0.25, 0.3) is 0 Å². The van der Waals surface area contributed by atoms with E-state index in [1.807, 2.05) is 20.8 Å². The highest BCUT2D eigenvalue weighted by atomic mass is 127. The lowest BCUT2D eigenvalue weighted by molar-refractivity contribution is 0.0599. The zero-order valence-electron chi connectivity index (χ0n) is 15.6. The third kappa shape index (κ3) is 5.97. The van der Waals surface area contributed by atoms with Crippen LogP contribution in [0.2, 0.25) is 0 Å². The second kappa shape index (κ2) is 10.5. The van der Waals surface area contributed by atoms with E-state index in [4.69, 9.17) is 9.15 Å². The molecule has 0 amide bonds. The number of methoxy groups -OCH3 is 1. The Bertz CT molecular complexity index is 770. The molecule has 7 nitrogen and oxygen atoms in total. The van der Waals surface area contributed by atoms with E-state index in [0.29, 0.717) is 36.1 Å². The normalized spacial score (nSPS) is 11.0. The predicted octanol–water partition coefficient (Wildman–Crippen LogP) is 3.32. The van der Waals surface area contributed by atoms with Crippen molar-refractivity contribution in [2.45, 2.75) is 40.8 Å². The Balaban J connectivity index is 0.00000338. The fraction of sp³-hybridized carbons (Fsp3) is 0.471. The summed E-state index contributed by atoms with van der Waals surface area (Å²) in [4.78, 5) is 21.8. The second-order valence-electron chi connectivity index (χ2n) is 5.46. The molecule has 2 aromatic heterocycles. The van der Waals surface area contributed by atoms with Crippen molar-refractivity contribution in [3.63, 3.8) is 0 Å². The summed E-state index contributed by atoms with van der Waals surface area (Å²) in [6.45, 7) is 9.48. The lowest BCUT2D eigenvalue weighted by atomic mass is 10.2. The van der Waals surface area contributed by atoms with Gasteiger partial charge in [-0.2, -0.15) is 0 Å². The van der Waals surface area contributed by atoms with Gasteiger partial charge < -0.3 is 19.8 Å². The molecule has 0 aliphatic heterocycles. The van der Waals surface area contributed by atoms with Gasteiger partial charge in [-0.1, -0.05) is 0 Å². The number of aromatic nitrogens is 1. The fourth-order valence-corrected chi connectivity index (χ4v) is 3.21. The first kappa shape index (κ1) is 22.4. The van der Waals surface area contributed by atoms with Gasteiger partial charge in [0.2, 0.25) is 0 Å². The summed E-state index contributed by atoms with van der Waals surface area (Å²) in [5, 5.41) is 7.54. The Hall–Kier alpha value is -1.62. The number of nitrogens with one attached hydrogen (secondary N) is 2. The molecule has 2 heterocycles. The molecule has 2 rings (SSSR count). The number of ether oxygens (including phenoxy) is 1. The number of halogens is 1. The summed E-state index contributed by atoms with van der Waals surface area (Å²) in [6.07, 6.45) is 0. The van der Waals surface area contributed by atoms with Crippen LogP contribution in [0.5, 0.6) is 0 Å². The molecule has 0 saturated heterocycles. The van der Waals surface area contributed by atoms with E-state index in [1.54, 1.807) is 24.3 Å². The molecule has 0 bridgehead atoms. The molecule has 0 aromatic carbocycles. The Morgan fingerprint density at radius 2 is 2.08 bits per heavy atom. The Morgan fingerprint density at radius 1 is 1.35 bits per heavy atom. The van der Waals surface area contributed by atoms with Crippen molar-refractivity contribution in [2.75, 3.05) is 13.7 Å². The van der Waals surface area contributed by atoms with Crippen LogP contribution in [0.25, 0.3) is 0 Å². The summed E-state index contributed by atoms with van der Waals surface area (Å²) >= 11 is 1.67. The van der Waals surface area contributed by atoms with Crippen LogP contribution in [-0.4, -0.2) is 30.6 Å². The lowest BCUT2D eigenvalue weighted by Gasteiger charge is -2.10. The van der Waals surface area contributed by atoms with Crippen molar-refractivity contribution in [3.8, 4) is 0 Å². The lowest BCUT2D eigenvalue weighted by Crippen LogP contribution is -2.36. The van der Waals surface area contributed by atoms with Crippen molar-refractivity contribution in [1.29, 1.82) is 0 Å². The molecule has 2 N–H and O–H groups in total. The summed E-state index contributed by atoms with van der Waals surface area (Å²) in [6, 6.07) is 1.67. The minimum Gasteiger partial charge on any atom is -0.465 e. The van der Waals surface area contributed by atoms with Crippen molar-refractivity contribution in [2.24, 2.45) is 4.99 Å². The number of hydrogen-bond acceptors (Lipinski definition) is 6. The molecular formula is C17H25IN4O3S. The molecule has 0 aliphatic carbocycles. The van der Waals surface area contributed by atoms with Gasteiger partial charge in [-0.25, -0.2) is 14.8 Å². The SMILES string of the molecule is CCNC(=NCc1cc(C(=O)OC)c(C)o1)NCc1sc(C)nc1C.I. The van der Waals surface area contributed by atoms with E-state index < -0.39 is 5.97 Å². The standard InChI is InChI=1S/C17H24N4O3S.HI/c1-6-18-17(20-9-15-10(2)21-12(4)25-15)19-8-13-7-14(11(3)24-13)16(22)23-5;/h7H,6,8-9H2,1-5H3,(H2,18,19,20);1H. The molecule has 0 saturated carbocycles. The minimum absolute atomic E-state index is 0. The number of nitrogens with zero attached hydrogens (tertiary/aromatic N) is 2. The zero-order chi connectivity index (χ0) is 18.4. The van der Waals surface area contributed by atoms with E-state index >= 15 is 0 Å². The Morgan fingerprint density at radius 3 is 2.65 bits per heavy atom. The van der Waals surface area contributed by atoms with Gasteiger partial charge in [0.05, 0.1) is 24.4 Å². The number of guanidine groups is 1. The maximum absolute atomic E-state index is 11.6. The minimum atomic E-state index is -0.405. The topological polar surface area (TPSA) is 88.8 Å². The van der Waals surface area contributed by atoms with Crippen LogP contribution in [0.15, 0.2) is 15.5 Å². The third-order valence-electron chi connectivity index (χ3n) is 3.53. The number of hydrogen-bond donors (Lipinski definition) is 2. The van der Waals surface area contributed by atoms with Gasteiger partial charge in [0, 0.05) is 11.4 Å². The van der Waals surface area contributed by atoms with Crippen LogP contribution in [0, 0.1) is 20.8 Å². The number of thiazole rings is 1. The first-order valence-corrected chi connectivity index (χ1v) is 8.89. The van der Waals surface area contributed by atoms with E-state index in [0.717, 1.165) is 17.2 Å². The maximum Gasteiger partial charge on any atom is 0.341 e. The van der Waals surface area contributed by atoms with E-state index in [2.05, 4.69) is 20.6 Å². The van der Waals surface area contributed by atoms with Crippen LogP contribution >= 0.6 is 35.3 Å². The number of rotatable bonds is 6. The molecule has 2 aromatic rings. The van der Waals surface area contributed by atoms with E-state index in [1.165, 1.54) is 12.0 Å². The van der Waals surface area contributed by atoms with Crippen LogP contribution in [0.3, 0.4) is 0 Å². The number of furan rings is 1. The van der Waals surface area contributed by atoms with Crippen LogP contribution in [-0.2, 0) is 17.8 Å². The molecular weight excluding hydrogens is 467 g/mol. The highest BCUT2D eigenvalue weighted by Gasteiger charge is 2.15. The van der Waals surface area contributed by atoms with Crippen LogP contribution in [0.4, 0.5) is 0 Å². The van der Waals surface area contributed by atoms with Gasteiger partial charge in [-0.05, 0) is 33.8 Å². The number of aliphatic imine (C=N–C) groups is 1. The molecule has 144 valence electrons. The van der Waals surface area contributed by atoms with Crippen molar-refractivity contribution in [1.82, 2.24) is 15.6 Å². The Labute approximate surface area is 174 Å². The number of carbonyl (C=O) groups excluding carboxylic acids is 1. The molecule has 0 radical (unpaired) electrons. The van der Waals surface area contributed by atoms with Crippen molar-refractivity contribution in [3.05, 3.63) is 38.7 Å². The highest BCUT2D eigenvalue weighted by Crippen LogP contribution is 2.17. The highest BCUT2D eigenvalue weighted by molar-refractivity contribution is 14.0. The predicted molar refractivity (Wildman–Crippen MR) is 113 cm³/mol. The monoisotopic (exact) mass is 492 g/mol. The maximum atomic E-state index is 11.6. The van der Waals surface area contributed by atoms with E-state index in [-0.39, 0.29) is 24.0 Å². The summed E-state index contributed by atoms with van der Waals surface area (Å²) in [5.41, 5.74) is 1.47. The molecule has 26 heavy (non-hydrogen) atoms. The molecule has 0 atom stereocenters. The Kier molecular flexibility index (Phi) is 9.06. The summed E-state index contributed by atoms with van der Waals surface area (Å²) in [7, 11) is 1.35. The largest absolute Gasteiger partial charge is 0.465 e. The second-order valence-corrected chi connectivity index (χ2v) is 6.75. The first-order chi connectivity index (χ1) is 11.9. The average Bonchev–Trinajstić information content (AvgIpc) is 3.11. The fourth-order valence-electron chi connectivity index (χ4n) is 2.33. The number of esters is 1. The molecule has 0 fully saturated rings. The average molecular weight is 492 g/mol. The third-order valence-corrected chi connectivity index (χ3v) is 4.60. The van der Waals surface area contributed by atoms with Crippen molar-refractivity contribution >= 4 is 47.2 Å². The molecule has 0 spiro atoms. The molecule has 0 unspecified atom stereocenters. The van der Waals surface area contributed by atoms with E-state index in [9.17, 15) is 4.79 Å². The van der Waals surface area contributed by atoms with Crippen LogP contribution in [0.1, 0.15) is 44.4 Å². The first-order valence-electron chi connectivity index (χ1n) is 8.07. The van der Waals surface area contributed by atoms with Gasteiger partial charge in [0.1, 0.15) is 23.6 Å². The van der Waals surface area contributed by atoms with Gasteiger partial charge in [0.15, 0.2) is 5.96 Å². The molecule has 9 heteroatoms. The summed E-state index contributed by atoms with van der Waals surface area (Å²) < 4.78 is 10.3.